The van der Waals surface area contributed by atoms with Gasteiger partial charge in [-0.2, -0.15) is 0 Å². The van der Waals surface area contributed by atoms with Crippen molar-refractivity contribution in [1.82, 2.24) is 5.32 Å². The average Bonchev–Trinajstić information content (AvgIpc) is 2.49. The smallest absolute Gasteiger partial charge is 0.127 e. The quantitative estimate of drug-likeness (QED) is 0.642. The zero-order valence-electron chi connectivity index (χ0n) is 14.2. The Morgan fingerprint density at radius 1 is 1.00 bits per heavy atom. The Bertz CT molecular complexity index is 406. The van der Waals surface area contributed by atoms with Crippen molar-refractivity contribution in [2.75, 3.05) is 6.54 Å². The Morgan fingerprint density at radius 2 is 1.67 bits per heavy atom. The molecule has 3 heteroatoms. The molecule has 1 aromatic carbocycles. The summed E-state index contributed by atoms with van der Waals surface area (Å²) in [7, 11) is 0. The van der Waals surface area contributed by atoms with Crippen LogP contribution in [0.2, 0.25) is 0 Å². The van der Waals surface area contributed by atoms with Crippen LogP contribution in [0.25, 0.3) is 0 Å². The average molecular weight is 293 g/mol. The maximum atomic E-state index is 6.06. The summed E-state index contributed by atoms with van der Waals surface area (Å²) in [5.41, 5.74) is 1.19. The first-order valence-corrected chi connectivity index (χ1v) is 8.27. The van der Waals surface area contributed by atoms with E-state index in [0.717, 1.165) is 43.9 Å². The van der Waals surface area contributed by atoms with Crippen LogP contribution in [0.4, 0.5) is 0 Å². The Labute approximate surface area is 130 Å². The van der Waals surface area contributed by atoms with Gasteiger partial charge in [0.15, 0.2) is 0 Å². The van der Waals surface area contributed by atoms with Gasteiger partial charge in [-0.3, -0.25) is 0 Å². The summed E-state index contributed by atoms with van der Waals surface area (Å²) in [4.78, 5) is 0. The third-order valence-corrected chi connectivity index (χ3v) is 3.60. The van der Waals surface area contributed by atoms with Crippen molar-refractivity contribution in [3.63, 3.8) is 0 Å². The van der Waals surface area contributed by atoms with Crippen molar-refractivity contribution < 1.29 is 9.47 Å². The lowest BCUT2D eigenvalue weighted by molar-refractivity contribution is 0.203. The molecule has 0 aromatic heterocycles. The maximum Gasteiger partial charge on any atom is 0.127 e. The monoisotopic (exact) mass is 293 g/mol. The highest BCUT2D eigenvalue weighted by Gasteiger charge is 2.10. The summed E-state index contributed by atoms with van der Waals surface area (Å²) in [5.74, 6) is 1.83. The predicted molar refractivity (Wildman–Crippen MR) is 89.2 cm³/mol. The van der Waals surface area contributed by atoms with Crippen molar-refractivity contribution >= 4 is 0 Å². The summed E-state index contributed by atoms with van der Waals surface area (Å²) in [6.07, 6.45) is 3.58. The largest absolute Gasteiger partial charge is 0.491 e. The van der Waals surface area contributed by atoms with E-state index in [1.54, 1.807) is 0 Å². The van der Waals surface area contributed by atoms with Crippen molar-refractivity contribution in [1.29, 1.82) is 0 Å². The van der Waals surface area contributed by atoms with Crippen molar-refractivity contribution in [3.05, 3.63) is 23.8 Å². The SMILES string of the molecule is CCCNCc1ccc(OC(C)CC)cc1OC(C)CC. The molecule has 0 amide bonds. The highest BCUT2D eigenvalue weighted by molar-refractivity contribution is 5.41. The Kier molecular flexibility index (Phi) is 8.21. The fourth-order valence-corrected chi connectivity index (χ4v) is 1.88. The third-order valence-electron chi connectivity index (χ3n) is 3.60. The lowest BCUT2D eigenvalue weighted by Crippen LogP contribution is -2.17. The second-order valence-corrected chi connectivity index (χ2v) is 5.62. The molecule has 1 N–H and O–H groups in total. The van der Waals surface area contributed by atoms with Gasteiger partial charge in [-0.25, -0.2) is 0 Å². The lowest BCUT2D eigenvalue weighted by Gasteiger charge is -2.19. The molecule has 1 rings (SSSR count). The Balaban J connectivity index is 2.85. The first-order chi connectivity index (χ1) is 10.1. The molecule has 0 saturated carbocycles. The van der Waals surface area contributed by atoms with Crippen molar-refractivity contribution in [2.24, 2.45) is 0 Å². The zero-order chi connectivity index (χ0) is 15.7. The number of nitrogens with one attached hydrogen (secondary N) is 1. The van der Waals surface area contributed by atoms with E-state index >= 15 is 0 Å². The molecule has 0 radical (unpaired) electrons. The minimum Gasteiger partial charge on any atom is -0.491 e. The van der Waals surface area contributed by atoms with Crippen LogP contribution >= 0.6 is 0 Å². The van der Waals surface area contributed by atoms with Gasteiger partial charge in [0, 0.05) is 18.2 Å². The molecule has 2 atom stereocenters. The van der Waals surface area contributed by atoms with Gasteiger partial charge in [0.05, 0.1) is 12.2 Å². The molecule has 0 fully saturated rings. The molecule has 3 nitrogen and oxygen atoms in total. The van der Waals surface area contributed by atoms with E-state index in [0.29, 0.717) is 0 Å². The minimum atomic E-state index is 0.216. The molecule has 0 saturated heterocycles. The highest BCUT2D eigenvalue weighted by atomic mass is 16.5. The number of hydrogen-bond donors (Lipinski definition) is 1. The maximum absolute atomic E-state index is 6.06. The van der Waals surface area contributed by atoms with Gasteiger partial charge >= 0.3 is 0 Å². The second-order valence-electron chi connectivity index (χ2n) is 5.62. The molecular weight excluding hydrogens is 262 g/mol. The summed E-state index contributed by atoms with van der Waals surface area (Å²) < 4.78 is 12.0. The first-order valence-electron chi connectivity index (χ1n) is 8.27. The van der Waals surface area contributed by atoms with Gasteiger partial charge in [0.25, 0.3) is 0 Å². The third kappa shape index (κ3) is 6.38. The van der Waals surface area contributed by atoms with E-state index in [1.807, 2.05) is 12.1 Å². The Hall–Kier alpha value is -1.22. The number of benzene rings is 1. The van der Waals surface area contributed by atoms with Gasteiger partial charge in [0.2, 0.25) is 0 Å². The molecule has 0 aliphatic heterocycles. The van der Waals surface area contributed by atoms with Gasteiger partial charge in [-0.1, -0.05) is 26.8 Å². The van der Waals surface area contributed by atoms with Gasteiger partial charge < -0.3 is 14.8 Å². The molecular formula is C18H31NO2. The van der Waals surface area contributed by atoms with Crippen LogP contribution in [0.3, 0.4) is 0 Å². The summed E-state index contributed by atoms with van der Waals surface area (Å²) >= 11 is 0. The van der Waals surface area contributed by atoms with Crippen molar-refractivity contribution in [3.8, 4) is 11.5 Å². The number of rotatable bonds is 10. The summed E-state index contributed by atoms with van der Waals surface area (Å²) in [5, 5.41) is 3.43. The normalized spacial score (nSPS) is 13.8. The highest BCUT2D eigenvalue weighted by Crippen LogP contribution is 2.27. The molecule has 0 heterocycles. The molecule has 1 aromatic rings. The van der Waals surface area contributed by atoms with E-state index in [4.69, 9.17) is 9.47 Å². The number of hydrogen-bond acceptors (Lipinski definition) is 3. The Morgan fingerprint density at radius 3 is 2.29 bits per heavy atom. The minimum absolute atomic E-state index is 0.216. The fraction of sp³-hybridized carbons (Fsp3) is 0.667. The van der Waals surface area contributed by atoms with E-state index in [-0.39, 0.29) is 12.2 Å². The van der Waals surface area contributed by atoms with E-state index < -0.39 is 0 Å². The second kappa shape index (κ2) is 9.67. The van der Waals surface area contributed by atoms with Gasteiger partial charge in [0.1, 0.15) is 11.5 Å². The molecule has 120 valence electrons. The topological polar surface area (TPSA) is 30.5 Å². The molecule has 2 unspecified atom stereocenters. The van der Waals surface area contributed by atoms with Crippen LogP contribution in [0.15, 0.2) is 18.2 Å². The van der Waals surface area contributed by atoms with E-state index in [1.165, 1.54) is 5.56 Å². The molecule has 0 spiro atoms. The van der Waals surface area contributed by atoms with Crippen LogP contribution in [-0.4, -0.2) is 18.8 Å². The van der Waals surface area contributed by atoms with Crippen LogP contribution in [-0.2, 0) is 6.54 Å². The fourth-order valence-electron chi connectivity index (χ4n) is 1.88. The van der Waals surface area contributed by atoms with Crippen molar-refractivity contribution in [2.45, 2.75) is 72.6 Å². The van der Waals surface area contributed by atoms with Crippen LogP contribution in [0.1, 0.15) is 59.4 Å². The predicted octanol–water partition coefficient (Wildman–Crippen LogP) is 4.54. The standard InChI is InChI=1S/C18H31NO2/c1-6-11-19-13-16-9-10-17(20-14(4)7-2)12-18(16)21-15(5)8-3/h9-10,12,14-15,19H,6-8,11,13H2,1-5H3. The van der Waals surface area contributed by atoms with Gasteiger partial charge in [-0.05, 0) is 45.7 Å². The van der Waals surface area contributed by atoms with Crippen LogP contribution < -0.4 is 14.8 Å². The summed E-state index contributed by atoms with van der Waals surface area (Å²) in [6, 6.07) is 6.18. The van der Waals surface area contributed by atoms with Gasteiger partial charge in [-0.15, -0.1) is 0 Å². The molecule has 0 aliphatic rings. The summed E-state index contributed by atoms with van der Waals surface area (Å²) in [6.45, 7) is 12.5. The molecule has 0 bridgehead atoms. The first kappa shape index (κ1) is 17.8. The zero-order valence-corrected chi connectivity index (χ0v) is 14.2. The molecule has 0 aliphatic carbocycles. The lowest BCUT2D eigenvalue weighted by atomic mass is 10.1. The van der Waals surface area contributed by atoms with Crippen LogP contribution in [0, 0.1) is 0 Å². The van der Waals surface area contributed by atoms with Crippen LogP contribution in [0.5, 0.6) is 11.5 Å². The van der Waals surface area contributed by atoms with E-state index in [2.05, 4.69) is 46.0 Å². The van der Waals surface area contributed by atoms with E-state index in [9.17, 15) is 0 Å². The molecule has 21 heavy (non-hydrogen) atoms. The number of ether oxygens (including phenoxy) is 2.